The molecule has 21 aromatic rings. The summed E-state index contributed by atoms with van der Waals surface area (Å²) in [7, 11) is 6.97. The molecule has 0 N–H and O–H groups in total. The smallest absolute Gasteiger partial charge is 0.576 e. The molecule has 0 spiro atoms. The second-order valence-corrected chi connectivity index (χ2v) is 29.7. The Kier molecular flexibility index (Phi) is 21.7. The van der Waals surface area contributed by atoms with Gasteiger partial charge in [0.15, 0.2) is 0 Å². The van der Waals surface area contributed by atoms with Crippen LogP contribution >= 0.6 is 9.03 Å². The Hall–Kier alpha value is -14.6. The van der Waals surface area contributed by atoms with E-state index in [1.807, 2.05) is 91.0 Å². The molecule has 0 fully saturated rings. The summed E-state index contributed by atoms with van der Waals surface area (Å²) in [6, 6.07) is 147. The fourth-order valence-electron chi connectivity index (χ4n) is 15.8. The third kappa shape index (κ3) is 15.7. The van der Waals surface area contributed by atoms with Crippen molar-refractivity contribution >= 4 is 164 Å². The minimum atomic E-state index is -2.86. The van der Waals surface area contributed by atoms with E-state index in [4.69, 9.17) is 11.4 Å². The highest BCUT2D eigenvalue weighted by Crippen LogP contribution is 2.47. The molecule has 2 radical (unpaired) electrons. The Bertz CT molecular complexity index is 6570. The minimum absolute atomic E-state index is 0.608. The van der Waals surface area contributed by atoms with E-state index in [1.165, 1.54) is 98.0 Å². The molecule has 3 aromatic heterocycles. The van der Waals surface area contributed by atoms with Gasteiger partial charge in [0.25, 0.3) is 7.98 Å². The lowest BCUT2D eigenvalue weighted by Crippen LogP contribution is -2.37. The van der Waals surface area contributed by atoms with Gasteiger partial charge in [-0.05, 0) is 205 Å². The van der Waals surface area contributed by atoms with Gasteiger partial charge in [0.2, 0.25) is 0 Å². The molecule has 117 heavy (non-hydrogen) atoms. The molecule has 12 heteroatoms. The Morgan fingerprint density at radius 1 is 0.239 bits per heavy atom. The first-order chi connectivity index (χ1) is 58.0. The number of anilines is 6. The Morgan fingerprint density at radius 3 is 0.863 bits per heavy atom. The van der Waals surface area contributed by atoms with Crippen molar-refractivity contribution in [3.63, 3.8) is 0 Å². The van der Waals surface area contributed by atoms with E-state index in [2.05, 4.69) is 374 Å². The molecule has 0 atom stereocenters. The van der Waals surface area contributed by atoms with Gasteiger partial charge < -0.3 is 25.8 Å². The predicted octanol–water partition coefficient (Wildman–Crippen LogP) is 28.5. The van der Waals surface area contributed by atoms with E-state index >= 15 is 0 Å². The Labute approximate surface area is 687 Å². The predicted molar refractivity (Wildman–Crippen MR) is 493 cm³/mol. The highest BCUT2D eigenvalue weighted by Gasteiger charge is 2.46. The van der Waals surface area contributed by atoms with Gasteiger partial charge in [-0.15, -0.1) is 0 Å². The average Bonchev–Trinajstić information content (AvgIpc) is 0.730. The lowest BCUT2D eigenvalue weighted by atomic mass is 9.85. The first-order valence-electron chi connectivity index (χ1n) is 38.8. The van der Waals surface area contributed by atoms with Crippen LogP contribution in [0.3, 0.4) is 0 Å². The molecule has 3 heterocycles. The van der Waals surface area contributed by atoms with Gasteiger partial charge in [0, 0.05) is 68.3 Å². The van der Waals surface area contributed by atoms with Gasteiger partial charge in [-0.3, -0.25) is 15.0 Å². The molecule has 0 unspecified atom stereocenters. The van der Waals surface area contributed by atoms with Gasteiger partial charge in [-0.2, -0.15) is 0 Å². The number of aromatic nitrogens is 3. The number of pyridine rings is 3. The van der Waals surface area contributed by atoms with Crippen LogP contribution in [0.15, 0.2) is 442 Å². The quantitative estimate of drug-likeness (QED) is 0.0570. The fraction of sp³-hybridized carbons (Fsp3) is 0. The number of hydrogen-bond donors (Lipinski definition) is 0. The molecule has 0 saturated carbocycles. The Morgan fingerprint density at radius 2 is 0.504 bits per heavy atom. The maximum Gasteiger partial charge on any atom is 1.20 e. The second kappa shape index (κ2) is 34.4. The first kappa shape index (κ1) is 73.9. The van der Waals surface area contributed by atoms with Gasteiger partial charge in [-0.25, -0.2) is 0 Å². The fourth-order valence-corrected chi connectivity index (χ4v) is 17.1. The molecule has 9 nitrogen and oxygen atoms in total. The highest BCUT2D eigenvalue weighted by atomic mass is 31.0. The van der Waals surface area contributed by atoms with Gasteiger partial charge in [0.05, 0.1) is 11.4 Å². The Balaban J connectivity index is 0.000000121. The van der Waals surface area contributed by atoms with Crippen molar-refractivity contribution in [1.29, 1.82) is 0 Å². The van der Waals surface area contributed by atoms with E-state index < -0.39 is 15.1 Å². The summed E-state index contributed by atoms with van der Waals surface area (Å²) in [5.41, 5.74) is 16.6. The largest absolute Gasteiger partial charge is 1.20 e. The van der Waals surface area contributed by atoms with Crippen LogP contribution in [0.4, 0.5) is 34.1 Å². The molecular weight excluding hydrogens is 1460 g/mol. The number of fused-ring (bicyclic) bond motifs is 9. The number of para-hydroxylation sites is 5. The van der Waals surface area contributed by atoms with Crippen molar-refractivity contribution in [3.05, 3.63) is 437 Å². The van der Waals surface area contributed by atoms with E-state index in [9.17, 15) is 0 Å². The topological polar surface area (TPSA) is 85.2 Å². The van der Waals surface area contributed by atoms with Crippen molar-refractivity contribution < 1.29 is 11.4 Å². The summed E-state index contributed by atoms with van der Waals surface area (Å²) < 4.78 is 22.0. The summed E-state index contributed by atoms with van der Waals surface area (Å²) in [4.78, 5) is 18.2. The molecule has 18 aromatic carbocycles. The van der Waals surface area contributed by atoms with Crippen LogP contribution in [0, 0.1) is 0 Å². The van der Waals surface area contributed by atoms with Crippen LogP contribution in [0.1, 0.15) is 0 Å². The summed E-state index contributed by atoms with van der Waals surface area (Å²) in [5.74, 6) is 1.82. The normalized spacial score (nSPS) is 11.0. The lowest BCUT2D eigenvalue weighted by molar-refractivity contribution is 0.311. The van der Waals surface area contributed by atoms with Crippen LogP contribution in [0.5, 0.6) is 17.2 Å². The number of nitrogens with zero attached hydrogens (tertiary/aromatic N) is 6. The summed E-state index contributed by atoms with van der Waals surface area (Å²) in [6.45, 7) is 0. The molecular formula is C105H73AlBN6O3P. The second-order valence-electron chi connectivity index (χ2n) is 28.2. The van der Waals surface area contributed by atoms with Crippen LogP contribution in [0.2, 0.25) is 0 Å². The SMILES string of the molecule is [B]N=P.c1ccc(N(c2ccc(-c3ccc(N(c4ccccc4)c4cccc5ccccc45)cc3)cc2)c2cccc3ccccc23)cc1.c1ccc2cc(-c3c4ccccc4c(-c4ccc5ccccc5c4)c4ccccc34)ccc2c1.c1cnc2c([O][Al]([O]c3cccc4cccnc34)[O]c3cccc4cccnc34)cccc2c1. The van der Waals surface area contributed by atoms with Gasteiger partial charge in [0.1, 0.15) is 33.8 Å². The molecule has 0 bridgehead atoms. The third-order valence-electron chi connectivity index (χ3n) is 21.1. The van der Waals surface area contributed by atoms with Crippen molar-refractivity contribution in [3.8, 4) is 50.6 Å². The zero-order valence-electron chi connectivity index (χ0n) is 63.6. The summed E-state index contributed by atoms with van der Waals surface area (Å²) in [6.07, 6.45) is 5.24. The summed E-state index contributed by atoms with van der Waals surface area (Å²) in [5, 5.41) is 18.1. The molecule has 0 saturated heterocycles. The maximum atomic E-state index is 6.41. The monoisotopic (exact) mass is 1530 g/mol. The van der Waals surface area contributed by atoms with E-state index in [0.29, 0.717) is 17.2 Å². The number of rotatable bonds is 15. The molecule has 0 aliphatic carbocycles. The molecule has 0 aliphatic rings. The van der Waals surface area contributed by atoms with Crippen LogP contribution in [-0.4, -0.2) is 38.1 Å². The number of benzene rings is 18. The van der Waals surface area contributed by atoms with E-state index in [0.717, 1.165) is 66.8 Å². The van der Waals surface area contributed by atoms with Crippen LogP contribution < -0.4 is 21.2 Å². The molecule has 0 amide bonds. The van der Waals surface area contributed by atoms with Gasteiger partial charge >= 0.3 is 15.1 Å². The van der Waals surface area contributed by atoms with E-state index in [1.54, 1.807) is 18.6 Å². The standard InChI is InChI=1S/C44H32N2.C34H22.3C9H7NO.Al.BHNP/c1-3-17-37(18-4-1)45(43-23-11-15-35-13-7-9-21-41(35)43)39-29-25-33(26-30-39)34-27-31-40(32-28-34)46(38-19-5-2-6-20-38)44-24-12-16-36-14-8-10-22-42(36)44;1-3-11-25-21-27(19-17-23(25)9-1)33-29-13-5-7-15-31(29)34(32-16-8-6-14-30(32)33)28-20-18-24-10-2-4-12-26(24)22-28;3*11-8-5-1-3-7-4-2-6-10-9(7)8;;1-2-3/h1-32H;1-22H;3*1-6,11H;;3H/q;;;;;+3;/p-3. The number of hydrogen-bond acceptors (Lipinski definition) is 9. The van der Waals surface area contributed by atoms with Gasteiger partial charge in [-0.1, -0.05) is 309 Å². The molecule has 0 aliphatic heterocycles. The van der Waals surface area contributed by atoms with Crippen LogP contribution in [-0.2, 0) is 0 Å². The van der Waals surface area contributed by atoms with Crippen molar-refractivity contribution in [2.24, 2.45) is 4.66 Å². The van der Waals surface area contributed by atoms with E-state index in [-0.39, 0.29) is 0 Å². The minimum Gasteiger partial charge on any atom is -0.576 e. The lowest BCUT2D eigenvalue weighted by Gasteiger charge is -2.27. The maximum absolute atomic E-state index is 6.41. The highest BCUT2D eigenvalue weighted by molar-refractivity contribution is 7.05. The van der Waals surface area contributed by atoms with Crippen molar-refractivity contribution in [1.82, 2.24) is 15.0 Å². The summed E-state index contributed by atoms with van der Waals surface area (Å²) >= 11 is -2.86. The zero-order valence-corrected chi connectivity index (χ0v) is 65.8. The third-order valence-corrected chi connectivity index (χ3v) is 22.4. The molecule has 552 valence electrons. The van der Waals surface area contributed by atoms with Crippen molar-refractivity contribution in [2.45, 2.75) is 0 Å². The molecule has 21 rings (SSSR count). The van der Waals surface area contributed by atoms with Crippen LogP contribution in [0.25, 0.3) is 131 Å². The first-order valence-corrected chi connectivity index (χ1v) is 40.7. The van der Waals surface area contributed by atoms with Crippen molar-refractivity contribution in [2.75, 3.05) is 9.80 Å². The average molecular weight is 1540 g/mol. The zero-order chi connectivity index (χ0) is 78.6.